The molecule has 0 fully saturated rings. The molecule has 21 heavy (non-hydrogen) atoms. The predicted molar refractivity (Wildman–Crippen MR) is 79.9 cm³/mol. The van der Waals surface area contributed by atoms with Crippen molar-refractivity contribution in [3.63, 3.8) is 0 Å². The molecule has 0 saturated carbocycles. The van der Waals surface area contributed by atoms with Crippen molar-refractivity contribution >= 4 is 28.9 Å². The Hall–Kier alpha value is -2.14. The summed E-state index contributed by atoms with van der Waals surface area (Å²) in [4.78, 5) is 12.2. The number of hydrogen-bond donors (Lipinski definition) is 2. The van der Waals surface area contributed by atoms with Gasteiger partial charge in [0.1, 0.15) is 11.6 Å². The number of rotatable bonds is 4. The van der Waals surface area contributed by atoms with Gasteiger partial charge in [0.05, 0.1) is 11.3 Å². The summed E-state index contributed by atoms with van der Waals surface area (Å²) in [5.74, 6) is -2.07. The van der Waals surface area contributed by atoms with Crippen LogP contribution in [0, 0.1) is 11.6 Å². The Balaban J connectivity index is 2.29. The fourth-order valence-electron chi connectivity index (χ4n) is 1.83. The molecule has 6 heteroatoms. The van der Waals surface area contributed by atoms with E-state index in [-0.39, 0.29) is 11.3 Å². The summed E-state index contributed by atoms with van der Waals surface area (Å²) in [5, 5.41) is 5.81. The van der Waals surface area contributed by atoms with Crippen molar-refractivity contribution < 1.29 is 13.6 Å². The molecule has 2 aromatic rings. The Morgan fingerprint density at radius 3 is 2.52 bits per heavy atom. The minimum Gasteiger partial charge on any atom is -0.385 e. The number of anilines is 2. The zero-order chi connectivity index (χ0) is 15.4. The second kappa shape index (κ2) is 6.54. The van der Waals surface area contributed by atoms with Crippen LogP contribution in [0.25, 0.3) is 0 Å². The standard InChI is InChI=1S/C15H13ClF2N2O/c1-2-19-13-5-3-9(16)7-11(13)15(21)20-14-6-4-10(17)8-12(14)18/h3-8,19H,2H2,1H3,(H,20,21). The van der Waals surface area contributed by atoms with Crippen LogP contribution in [0.4, 0.5) is 20.2 Å². The Labute approximate surface area is 125 Å². The molecule has 2 rings (SSSR count). The van der Waals surface area contributed by atoms with Crippen LogP contribution in [-0.4, -0.2) is 12.5 Å². The Morgan fingerprint density at radius 2 is 1.86 bits per heavy atom. The number of carbonyl (C=O) groups excluding carboxylic acids is 1. The van der Waals surface area contributed by atoms with Gasteiger partial charge in [-0.25, -0.2) is 8.78 Å². The molecule has 0 aliphatic heterocycles. The van der Waals surface area contributed by atoms with E-state index in [1.54, 1.807) is 12.1 Å². The number of carbonyl (C=O) groups is 1. The molecule has 0 saturated heterocycles. The van der Waals surface area contributed by atoms with E-state index in [0.29, 0.717) is 23.3 Å². The molecular weight excluding hydrogens is 298 g/mol. The highest BCUT2D eigenvalue weighted by atomic mass is 35.5. The SMILES string of the molecule is CCNc1ccc(Cl)cc1C(=O)Nc1ccc(F)cc1F. The predicted octanol–water partition coefficient (Wildman–Crippen LogP) is 4.30. The molecule has 110 valence electrons. The van der Waals surface area contributed by atoms with E-state index in [1.165, 1.54) is 12.1 Å². The van der Waals surface area contributed by atoms with E-state index < -0.39 is 17.5 Å². The first-order chi connectivity index (χ1) is 10.0. The van der Waals surface area contributed by atoms with Crippen LogP contribution in [0.15, 0.2) is 36.4 Å². The first-order valence-corrected chi connectivity index (χ1v) is 6.69. The summed E-state index contributed by atoms with van der Waals surface area (Å²) in [7, 11) is 0. The van der Waals surface area contributed by atoms with Crippen LogP contribution < -0.4 is 10.6 Å². The van der Waals surface area contributed by atoms with Gasteiger partial charge in [0.25, 0.3) is 5.91 Å². The fraction of sp³-hybridized carbons (Fsp3) is 0.133. The number of nitrogens with one attached hydrogen (secondary N) is 2. The third-order valence-electron chi connectivity index (χ3n) is 2.77. The lowest BCUT2D eigenvalue weighted by Gasteiger charge is -2.12. The van der Waals surface area contributed by atoms with Gasteiger partial charge < -0.3 is 10.6 Å². The summed E-state index contributed by atoms with van der Waals surface area (Å²) >= 11 is 5.88. The van der Waals surface area contributed by atoms with Crippen LogP contribution in [-0.2, 0) is 0 Å². The minimum atomic E-state index is -0.838. The lowest BCUT2D eigenvalue weighted by Crippen LogP contribution is -2.15. The third kappa shape index (κ3) is 3.70. The second-order valence-electron chi connectivity index (χ2n) is 4.30. The normalized spacial score (nSPS) is 10.3. The summed E-state index contributed by atoms with van der Waals surface area (Å²) < 4.78 is 26.4. The van der Waals surface area contributed by atoms with Crippen molar-refractivity contribution in [2.75, 3.05) is 17.2 Å². The molecule has 1 amide bonds. The van der Waals surface area contributed by atoms with E-state index in [0.717, 1.165) is 6.07 Å². The van der Waals surface area contributed by atoms with Crippen LogP contribution in [0.3, 0.4) is 0 Å². The molecule has 3 nitrogen and oxygen atoms in total. The maximum atomic E-state index is 13.6. The van der Waals surface area contributed by atoms with Crippen LogP contribution in [0.5, 0.6) is 0 Å². The van der Waals surface area contributed by atoms with Gasteiger partial charge in [-0.15, -0.1) is 0 Å². The van der Waals surface area contributed by atoms with Gasteiger partial charge in [0.15, 0.2) is 0 Å². The smallest absolute Gasteiger partial charge is 0.257 e. The van der Waals surface area contributed by atoms with Crippen LogP contribution in [0.1, 0.15) is 17.3 Å². The molecule has 0 radical (unpaired) electrons. The first kappa shape index (κ1) is 15.3. The van der Waals surface area contributed by atoms with Gasteiger partial charge in [-0.05, 0) is 37.3 Å². The highest BCUT2D eigenvalue weighted by molar-refractivity contribution is 6.31. The number of benzene rings is 2. The molecule has 0 aliphatic rings. The lowest BCUT2D eigenvalue weighted by atomic mass is 10.1. The number of hydrogen-bond acceptors (Lipinski definition) is 2. The topological polar surface area (TPSA) is 41.1 Å². The van der Waals surface area contributed by atoms with Crippen molar-refractivity contribution in [2.45, 2.75) is 6.92 Å². The van der Waals surface area contributed by atoms with Crippen molar-refractivity contribution in [1.82, 2.24) is 0 Å². The van der Waals surface area contributed by atoms with E-state index in [9.17, 15) is 13.6 Å². The van der Waals surface area contributed by atoms with Crippen molar-refractivity contribution in [3.8, 4) is 0 Å². The number of halogens is 3. The van der Waals surface area contributed by atoms with Gasteiger partial charge in [0, 0.05) is 23.3 Å². The molecule has 0 aliphatic carbocycles. The summed E-state index contributed by atoms with van der Waals surface area (Å²) in [5.41, 5.74) is 0.777. The Kier molecular flexibility index (Phi) is 4.75. The molecule has 0 bridgehead atoms. The molecule has 0 heterocycles. The maximum absolute atomic E-state index is 13.6. The van der Waals surface area contributed by atoms with Gasteiger partial charge in [-0.3, -0.25) is 4.79 Å². The summed E-state index contributed by atoms with van der Waals surface area (Å²) in [6, 6.07) is 7.74. The minimum absolute atomic E-state index is 0.0937. The van der Waals surface area contributed by atoms with Gasteiger partial charge in [0.2, 0.25) is 0 Å². The van der Waals surface area contributed by atoms with Gasteiger partial charge in [-0.2, -0.15) is 0 Å². The van der Waals surface area contributed by atoms with Gasteiger partial charge >= 0.3 is 0 Å². The van der Waals surface area contributed by atoms with Crippen molar-refractivity contribution in [3.05, 3.63) is 58.6 Å². The average Bonchev–Trinajstić information content (AvgIpc) is 2.44. The molecular formula is C15H13ClF2N2O. The zero-order valence-corrected chi connectivity index (χ0v) is 12.0. The third-order valence-corrected chi connectivity index (χ3v) is 3.01. The molecule has 0 aromatic heterocycles. The van der Waals surface area contributed by atoms with E-state index in [4.69, 9.17) is 11.6 Å². The summed E-state index contributed by atoms with van der Waals surface area (Å²) in [6.07, 6.45) is 0. The lowest BCUT2D eigenvalue weighted by molar-refractivity contribution is 0.102. The first-order valence-electron chi connectivity index (χ1n) is 6.31. The highest BCUT2D eigenvalue weighted by Crippen LogP contribution is 2.23. The monoisotopic (exact) mass is 310 g/mol. The molecule has 0 unspecified atom stereocenters. The summed E-state index contributed by atoms with van der Waals surface area (Å²) in [6.45, 7) is 2.50. The largest absolute Gasteiger partial charge is 0.385 e. The van der Waals surface area contributed by atoms with Crippen LogP contribution >= 0.6 is 11.6 Å². The Morgan fingerprint density at radius 1 is 1.14 bits per heavy atom. The molecule has 0 atom stereocenters. The number of amides is 1. The van der Waals surface area contributed by atoms with E-state index >= 15 is 0 Å². The van der Waals surface area contributed by atoms with Crippen molar-refractivity contribution in [2.24, 2.45) is 0 Å². The maximum Gasteiger partial charge on any atom is 0.257 e. The molecule has 2 N–H and O–H groups in total. The van der Waals surface area contributed by atoms with Crippen molar-refractivity contribution in [1.29, 1.82) is 0 Å². The van der Waals surface area contributed by atoms with E-state index in [2.05, 4.69) is 10.6 Å². The quantitative estimate of drug-likeness (QED) is 0.884. The van der Waals surface area contributed by atoms with E-state index in [1.807, 2.05) is 6.92 Å². The average molecular weight is 311 g/mol. The molecule has 0 spiro atoms. The zero-order valence-electron chi connectivity index (χ0n) is 11.2. The Bertz CT molecular complexity index is 677. The molecule has 2 aromatic carbocycles. The van der Waals surface area contributed by atoms with Gasteiger partial charge in [-0.1, -0.05) is 11.6 Å². The second-order valence-corrected chi connectivity index (χ2v) is 4.73. The highest BCUT2D eigenvalue weighted by Gasteiger charge is 2.14. The fourth-order valence-corrected chi connectivity index (χ4v) is 2.00. The van der Waals surface area contributed by atoms with Crippen LogP contribution in [0.2, 0.25) is 5.02 Å².